The monoisotopic (exact) mass is 364 g/mol. The molecule has 132 valence electrons. The van der Waals surface area contributed by atoms with Gasteiger partial charge in [-0.25, -0.2) is 8.78 Å². The van der Waals surface area contributed by atoms with Gasteiger partial charge in [-0.3, -0.25) is 4.79 Å². The lowest BCUT2D eigenvalue weighted by atomic mass is 10.0. The van der Waals surface area contributed by atoms with Crippen molar-refractivity contribution in [3.63, 3.8) is 0 Å². The van der Waals surface area contributed by atoms with Crippen molar-refractivity contribution in [1.29, 1.82) is 0 Å². The van der Waals surface area contributed by atoms with Crippen molar-refractivity contribution >= 4 is 24.0 Å². The predicted octanol–water partition coefficient (Wildman–Crippen LogP) is 3.77. The van der Waals surface area contributed by atoms with Crippen LogP contribution in [-0.2, 0) is 17.8 Å². The number of benzene rings is 2. The number of carbonyl (C=O) groups excluding carboxylic acids is 1. The molecule has 1 amide bonds. The average Bonchev–Trinajstić information content (AvgIpc) is 3.38. The van der Waals surface area contributed by atoms with Gasteiger partial charge in [-0.05, 0) is 66.3 Å². The van der Waals surface area contributed by atoms with E-state index in [1.807, 2.05) is 12.1 Å². The molecule has 4 rings (SSSR count). The van der Waals surface area contributed by atoms with E-state index in [4.69, 9.17) is 0 Å². The summed E-state index contributed by atoms with van der Waals surface area (Å²) in [6.07, 6.45) is 1.67. The lowest BCUT2D eigenvalue weighted by molar-refractivity contribution is -0.117. The van der Waals surface area contributed by atoms with E-state index in [-0.39, 0.29) is 30.2 Å². The second-order valence-electron chi connectivity index (χ2n) is 6.52. The first-order chi connectivity index (χ1) is 11.6. The Morgan fingerprint density at radius 2 is 1.92 bits per heavy atom. The third-order valence-electron chi connectivity index (χ3n) is 4.86. The zero-order chi connectivity index (χ0) is 16.7. The average molecular weight is 365 g/mol. The van der Waals surface area contributed by atoms with Gasteiger partial charge in [0.25, 0.3) is 0 Å². The smallest absolute Gasteiger partial charge is 0.228 e. The molecule has 1 fully saturated rings. The highest BCUT2D eigenvalue weighted by Crippen LogP contribution is 2.48. The molecular formula is C19H19ClF2N2O. The minimum atomic E-state index is -0.860. The Hall–Kier alpha value is -1.98. The van der Waals surface area contributed by atoms with E-state index in [1.54, 1.807) is 6.07 Å². The summed E-state index contributed by atoms with van der Waals surface area (Å²) in [4.78, 5) is 12.4. The molecule has 1 aliphatic carbocycles. The Bertz CT molecular complexity index is 812. The van der Waals surface area contributed by atoms with Crippen molar-refractivity contribution in [1.82, 2.24) is 5.32 Å². The largest absolute Gasteiger partial charge is 0.326 e. The van der Waals surface area contributed by atoms with E-state index in [9.17, 15) is 13.6 Å². The predicted molar refractivity (Wildman–Crippen MR) is 94.9 cm³/mol. The number of hydrogen-bond donors (Lipinski definition) is 2. The van der Waals surface area contributed by atoms with Gasteiger partial charge in [-0.15, -0.1) is 12.4 Å². The summed E-state index contributed by atoms with van der Waals surface area (Å²) in [6, 6.07) is 9.87. The van der Waals surface area contributed by atoms with Crippen LogP contribution in [0.15, 0.2) is 36.4 Å². The van der Waals surface area contributed by atoms with Crippen molar-refractivity contribution in [3.8, 4) is 0 Å². The summed E-state index contributed by atoms with van der Waals surface area (Å²) in [5.74, 6) is -1.99. The number of rotatable bonds is 3. The summed E-state index contributed by atoms with van der Waals surface area (Å²) in [5, 5.41) is 6.26. The molecule has 2 unspecified atom stereocenters. The molecule has 2 atom stereocenters. The van der Waals surface area contributed by atoms with Crippen molar-refractivity contribution in [2.75, 3.05) is 11.9 Å². The van der Waals surface area contributed by atoms with Crippen LogP contribution in [-0.4, -0.2) is 12.5 Å². The molecule has 1 saturated carbocycles. The van der Waals surface area contributed by atoms with Gasteiger partial charge in [0, 0.05) is 18.2 Å². The van der Waals surface area contributed by atoms with Crippen molar-refractivity contribution in [2.24, 2.45) is 5.92 Å². The maximum absolute atomic E-state index is 13.3. The fraction of sp³-hybridized carbons (Fsp3) is 0.316. The molecule has 2 aliphatic rings. The van der Waals surface area contributed by atoms with Gasteiger partial charge in [-0.1, -0.05) is 12.1 Å². The summed E-state index contributed by atoms with van der Waals surface area (Å²) < 4.78 is 26.3. The van der Waals surface area contributed by atoms with Crippen LogP contribution in [0.2, 0.25) is 0 Å². The van der Waals surface area contributed by atoms with Gasteiger partial charge in [0.15, 0.2) is 11.6 Å². The molecular weight excluding hydrogens is 346 g/mol. The highest BCUT2D eigenvalue weighted by Gasteiger charge is 2.44. The molecule has 2 aromatic carbocycles. The van der Waals surface area contributed by atoms with Crippen LogP contribution in [0.25, 0.3) is 0 Å². The van der Waals surface area contributed by atoms with Gasteiger partial charge in [0.1, 0.15) is 0 Å². The Morgan fingerprint density at radius 1 is 1.08 bits per heavy atom. The summed E-state index contributed by atoms with van der Waals surface area (Å²) in [6.45, 7) is 1.80. The van der Waals surface area contributed by atoms with Crippen LogP contribution >= 0.6 is 12.4 Å². The standard InChI is InChI=1S/C19H18F2N2O.ClH/c20-17-4-2-12(8-18(17)21)15-9-16(15)19(24)23-14-3-1-11-5-6-22-10-13(11)7-14;/h1-4,7-8,15-16,22H,5-6,9-10H2,(H,23,24);1H. The van der Waals surface area contributed by atoms with Crippen LogP contribution in [0.3, 0.4) is 0 Å². The second-order valence-corrected chi connectivity index (χ2v) is 6.52. The van der Waals surface area contributed by atoms with Gasteiger partial charge in [0.05, 0.1) is 0 Å². The van der Waals surface area contributed by atoms with Crippen molar-refractivity contribution < 1.29 is 13.6 Å². The molecule has 2 aromatic rings. The number of nitrogens with one attached hydrogen (secondary N) is 2. The van der Waals surface area contributed by atoms with Gasteiger partial charge < -0.3 is 10.6 Å². The summed E-state index contributed by atoms with van der Waals surface area (Å²) in [7, 11) is 0. The Kier molecular flexibility index (Phi) is 5.06. The first-order valence-corrected chi connectivity index (χ1v) is 8.20. The highest BCUT2D eigenvalue weighted by atomic mass is 35.5. The van der Waals surface area contributed by atoms with E-state index in [1.165, 1.54) is 17.2 Å². The zero-order valence-electron chi connectivity index (χ0n) is 13.5. The number of carbonyl (C=O) groups is 1. The first kappa shape index (κ1) is 17.8. The second kappa shape index (κ2) is 7.10. The number of fused-ring (bicyclic) bond motifs is 1. The molecule has 0 saturated heterocycles. The van der Waals surface area contributed by atoms with Crippen LogP contribution in [0.4, 0.5) is 14.5 Å². The summed E-state index contributed by atoms with van der Waals surface area (Å²) >= 11 is 0. The van der Waals surface area contributed by atoms with Gasteiger partial charge in [-0.2, -0.15) is 0 Å². The maximum atomic E-state index is 13.3. The molecule has 0 bridgehead atoms. The van der Waals surface area contributed by atoms with E-state index >= 15 is 0 Å². The molecule has 3 nitrogen and oxygen atoms in total. The molecule has 1 aliphatic heterocycles. The fourth-order valence-electron chi connectivity index (χ4n) is 3.39. The molecule has 6 heteroatoms. The number of hydrogen-bond acceptors (Lipinski definition) is 2. The Labute approximate surface area is 151 Å². The van der Waals surface area contributed by atoms with Gasteiger partial charge in [0.2, 0.25) is 5.91 Å². The molecule has 0 radical (unpaired) electrons. The Balaban J connectivity index is 0.00000182. The van der Waals surface area contributed by atoms with E-state index < -0.39 is 11.6 Å². The zero-order valence-corrected chi connectivity index (χ0v) is 14.3. The van der Waals surface area contributed by atoms with Crippen LogP contribution in [0.5, 0.6) is 0 Å². The molecule has 25 heavy (non-hydrogen) atoms. The van der Waals surface area contributed by atoms with E-state index in [0.717, 1.165) is 31.3 Å². The number of halogens is 3. The molecule has 0 spiro atoms. The lowest BCUT2D eigenvalue weighted by Crippen LogP contribution is -2.24. The Morgan fingerprint density at radius 3 is 2.72 bits per heavy atom. The number of anilines is 1. The molecule has 1 heterocycles. The lowest BCUT2D eigenvalue weighted by Gasteiger charge is -2.18. The molecule has 0 aromatic heterocycles. The van der Waals surface area contributed by atoms with Crippen molar-refractivity contribution in [3.05, 3.63) is 64.7 Å². The third-order valence-corrected chi connectivity index (χ3v) is 4.86. The van der Waals surface area contributed by atoms with Crippen LogP contribution < -0.4 is 10.6 Å². The minimum Gasteiger partial charge on any atom is -0.326 e. The summed E-state index contributed by atoms with van der Waals surface area (Å²) in [5.41, 5.74) is 4.01. The van der Waals surface area contributed by atoms with E-state index in [0.29, 0.717) is 12.0 Å². The third kappa shape index (κ3) is 3.67. The molecule has 2 N–H and O–H groups in total. The first-order valence-electron chi connectivity index (χ1n) is 8.20. The quantitative estimate of drug-likeness (QED) is 0.870. The SMILES string of the molecule is Cl.O=C(Nc1ccc2c(c1)CNCC2)C1CC1c1ccc(F)c(F)c1. The number of amides is 1. The minimum absolute atomic E-state index is 0. The maximum Gasteiger partial charge on any atom is 0.228 e. The van der Waals surface area contributed by atoms with Crippen LogP contribution in [0.1, 0.15) is 29.0 Å². The topological polar surface area (TPSA) is 41.1 Å². The highest BCUT2D eigenvalue weighted by molar-refractivity contribution is 5.95. The van der Waals surface area contributed by atoms with Gasteiger partial charge >= 0.3 is 0 Å². The van der Waals surface area contributed by atoms with Crippen LogP contribution in [0, 0.1) is 17.6 Å². The normalized spacial score (nSPS) is 21.0. The fourth-order valence-corrected chi connectivity index (χ4v) is 3.39. The van der Waals surface area contributed by atoms with E-state index in [2.05, 4.69) is 16.7 Å². The van der Waals surface area contributed by atoms with Crippen molar-refractivity contribution in [2.45, 2.75) is 25.3 Å².